The minimum atomic E-state index is -3.46. The molecule has 3 aromatic carbocycles. The van der Waals surface area contributed by atoms with E-state index in [1.165, 1.54) is 10.6 Å². The first-order chi connectivity index (χ1) is 15.2. The molecule has 0 fully saturated rings. The van der Waals surface area contributed by atoms with Gasteiger partial charge in [0.2, 0.25) is 10.0 Å². The highest BCUT2D eigenvalue weighted by molar-refractivity contribution is 7.99. The van der Waals surface area contributed by atoms with Crippen molar-refractivity contribution in [2.75, 3.05) is 22.9 Å². The summed E-state index contributed by atoms with van der Waals surface area (Å²) in [6, 6.07) is 21.9. The zero-order chi connectivity index (χ0) is 23.1. The van der Waals surface area contributed by atoms with E-state index in [-0.39, 0.29) is 12.5 Å². The van der Waals surface area contributed by atoms with Crippen LogP contribution in [0.1, 0.15) is 21.5 Å². The van der Waals surface area contributed by atoms with Gasteiger partial charge in [-0.05, 0) is 66.6 Å². The molecule has 0 radical (unpaired) electrons. The van der Waals surface area contributed by atoms with Crippen LogP contribution in [0.5, 0.6) is 0 Å². The summed E-state index contributed by atoms with van der Waals surface area (Å²) >= 11 is 7.52. The molecule has 0 unspecified atom stereocenters. The average Bonchev–Trinajstić information content (AvgIpc) is 2.76. The zero-order valence-corrected chi connectivity index (χ0v) is 20.3. The number of nitrogens with one attached hydrogen (secondary N) is 1. The molecule has 0 spiro atoms. The van der Waals surface area contributed by atoms with Gasteiger partial charge in [0, 0.05) is 27.8 Å². The van der Waals surface area contributed by atoms with Gasteiger partial charge in [-0.25, -0.2) is 8.42 Å². The number of halogens is 1. The Bertz CT molecular complexity index is 1160. The molecule has 0 aliphatic rings. The van der Waals surface area contributed by atoms with E-state index in [4.69, 9.17) is 11.6 Å². The number of carbonyl (C=O) groups excluding carboxylic acids is 1. The predicted octanol–water partition coefficient (Wildman–Crippen LogP) is 5.14. The number of amides is 1. The van der Waals surface area contributed by atoms with Crippen molar-refractivity contribution in [2.24, 2.45) is 0 Å². The Morgan fingerprint density at radius 1 is 1.03 bits per heavy atom. The molecule has 0 atom stereocenters. The van der Waals surface area contributed by atoms with Crippen molar-refractivity contribution in [3.63, 3.8) is 0 Å². The van der Waals surface area contributed by atoms with E-state index < -0.39 is 10.0 Å². The SMILES string of the molecule is Cc1cccc(N(Cc2ccc(C(=O)NCCSc3ccc(Cl)cc3)cc2)S(C)(=O)=O)c1. The lowest BCUT2D eigenvalue weighted by molar-refractivity contribution is 0.0956. The molecule has 32 heavy (non-hydrogen) atoms. The molecule has 3 aromatic rings. The van der Waals surface area contributed by atoms with Gasteiger partial charge in [-0.15, -0.1) is 11.8 Å². The Labute approximate surface area is 198 Å². The molecule has 0 saturated heterocycles. The summed E-state index contributed by atoms with van der Waals surface area (Å²) in [6.45, 7) is 2.65. The maximum atomic E-state index is 12.4. The Hall–Kier alpha value is -2.48. The van der Waals surface area contributed by atoms with Crippen LogP contribution in [-0.4, -0.2) is 32.9 Å². The lowest BCUT2D eigenvalue weighted by atomic mass is 10.1. The van der Waals surface area contributed by atoms with Crippen LogP contribution >= 0.6 is 23.4 Å². The van der Waals surface area contributed by atoms with E-state index in [0.29, 0.717) is 22.8 Å². The van der Waals surface area contributed by atoms with Crippen molar-refractivity contribution < 1.29 is 13.2 Å². The first kappa shape index (κ1) is 24.2. The monoisotopic (exact) mass is 488 g/mol. The van der Waals surface area contributed by atoms with Crippen molar-refractivity contribution in [2.45, 2.75) is 18.4 Å². The van der Waals surface area contributed by atoms with Crippen LogP contribution < -0.4 is 9.62 Å². The Balaban J connectivity index is 1.57. The third-order valence-electron chi connectivity index (χ3n) is 4.70. The van der Waals surface area contributed by atoms with Gasteiger partial charge in [0.25, 0.3) is 5.91 Å². The highest BCUT2D eigenvalue weighted by Gasteiger charge is 2.18. The molecule has 1 amide bonds. The fraction of sp³-hybridized carbons (Fsp3) is 0.208. The summed E-state index contributed by atoms with van der Waals surface area (Å²) in [5.41, 5.74) is 2.93. The maximum Gasteiger partial charge on any atom is 0.251 e. The molecular formula is C24H25ClN2O3S2. The molecule has 0 heterocycles. The molecule has 168 valence electrons. The number of anilines is 1. The minimum Gasteiger partial charge on any atom is -0.351 e. The standard InChI is InChI=1S/C24H25ClN2O3S2/c1-18-4-3-5-22(16-18)27(32(2,29)30)17-19-6-8-20(9-7-19)24(28)26-14-15-31-23-12-10-21(25)11-13-23/h3-13,16H,14-15,17H2,1-2H3,(H,26,28). The molecule has 8 heteroatoms. The van der Waals surface area contributed by atoms with Crippen LogP contribution in [0.15, 0.2) is 77.7 Å². The second-order valence-electron chi connectivity index (χ2n) is 7.36. The van der Waals surface area contributed by atoms with Gasteiger partial charge in [0.15, 0.2) is 0 Å². The van der Waals surface area contributed by atoms with Crippen molar-refractivity contribution in [3.8, 4) is 0 Å². The van der Waals surface area contributed by atoms with Gasteiger partial charge in [-0.2, -0.15) is 0 Å². The zero-order valence-electron chi connectivity index (χ0n) is 17.9. The predicted molar refractivity (Wildman–Crippen MR) is 133 cm³/mol. The van der Waals surface area contributed by atoms with E-state index >= 15 is 0 Å². The third kappa shape index (κ3) is 7.02. The van der Waals surface area contributed by atoms with E-state index in [0.717, 1.165) is 21.8 Å². The second kappa shape index (κ2) is 10.9. The highest BCUT2D eigenvalue weighted by Crippen LogP contribution is 2.22. The summed E-state index contributed by atoms with van der Waals surface area (Å²) in [5, 5.41) is 3.60. The largest absolute Gasteiger partial charge is 0.351 e. The lowest BCUT2D eigenvalue weighted by Gasteiger charge is -2.23. The topological polar surface area (TPSA) is 66.5 Å². The number of rotatable bonds is 9. The van der Waals surface area contributed by atoms with Crippen molar-refractivity contribution >= 4 is 45.0 Å². The van der Waals surface area contributed by atoms with Gasteiger partial charge in [-0.3, -0.25) is 9.10 Å². The second-order valence-corrected chi connectivity index (χ2v) is 10.9. The van der Waals surface area contributed by atoms with Gasteiger partial charge in [-0.1, -0.05) is 35.9 Å². The Morgan fingerprint density at radius 2 is 1.72 bits per heavy atom. The first-order valence-electron chi connectivity index (χ1n) is 10.0. The summed E-state index contributed by atoms with van der Waals surface area (Å²) in [5.74, 6) is 0.581. The summed E-state index contributed by atoms with van der Waals surface area (Å²) in [6.07, 6.45) is 1.19. The van der Waals surface area contributed by atoms with E-state index in [1.807, 2.05) is 49.4 Å². The minimum absolute atomic E-state index is 0.160. The number of hydrogen-bond donors (Lipinski definition) is 1. The van der Waals surface area contributed by atoms with E-state index in [1.54, 1.807) is 42.1 Å². The Morgan fingerprint density at radius 3 is 2.34 bits per heavy atom. The molecule has 0 aliphatic carbocycles. The van der Waals surface area contributed by atoms with Crippen LogP contribution in [0.3, 0.4) is 0 Å². The first-order valence-corrected chi connectivity index (χ1v) is 13.2. The summed E-state index contributed by atoms with van der Waals surface area (Å²) < 4.78 is 26.0. The van der Waals surface area contributed by atoms with Gasteiger partial charge in [0.1, 0.15) is 0 Å². The molecule has 0 aliphatic heterocycles. The fourth-order valence-electron chi connectivity index (χ4n) is 3.08. The smallest absolute Gasteiger partial charge is 0.251 e. The number of nitrogens with zero attached hydrogens (tertiary/aromatic N) is 1. The van der Waals surface area contributed by atoms with Crippen LogP contribution in [0.4, 0.5) is 5.69 Å². The van der Waals surface area contributed by atoms with Crippen LogP contribution in [0, 0.1) is 6.92 Å². The van der Waals surface area contributed by atoms with Crippen LogP contribution in [0.25, 0.3) is 0 Å². The van der Waals surface area contributed by atoms with Gasteiger partial charge >= 0.3 is 0 Å². The molecular weight excluding hydrogens is 464 g/mol. The highest BCUT2D eigenvalue weighted by atomic mass is 35.5. The fourth-order valence-corrected chi connectivity index (χ4v) is 4.85. The number of sulfonamides is 1. The van der Waals surface area contributed by atoms with Crippen LogP contribution in [-0.2, 0) is 16.6 Å². The number of benzene rings is 3. The number of carbonyl (C=O) groups is 1. The average molecular weight is 489 g/mol. The molecule has 1 N–H and O–H groups in total. The van der Waals surface area contributed by atoms with Crippen molar-refractivity contribution in [1.29, 1.82) is 0 Å². The molecule has 5 nitrogen and oxygen atoms in total. The van der Waals surface area contributed by atoms with Gasteiger partial charge < -0.3 is 5.32 Å². The van der Waals surface area contributed by atoms with E-state index in [2.05, 4.69) is 5.32 Å². The number of aryl methyl sites for hydroxylation is 1. The molecule has 0 bridgehead atoms. The quantitative estimate of drug-likeness (QED) is 0.334. The lowest BCUT2D eigenvalue weighted by Crippen LogP contribution is -2.29. The van der Waals surface area contributed by atoms with E-state index in [9.17, 15) is 13.2 Å². The Kier molecular flexibility index (Phi) is 8.23. The maximum absolute atomic E-state index is 12.4. The third-order valence-corrected chi connectivity index (χ3v) is 7.11. The normalized spacial score (nSPS) is 11.2. The van der Waals surface area contributed by atoms with Gasteiger partial charge in [0.05, 0.1) is 18.5 Å². The molecule has 0 aromatic heterocycles. The number of hydrogen-bond acceptors (Lipinski definition) is 4. The summed E-state index contributed by atoms with van der Waals surface area (Å²) in [7, 11) is -3.46. The number of thioether (sulfide) groups is 1. The molecule has 3 rings (SSSR count). The molecule has 0 saturated carbocycles. The summed E-state index contributed by atoms with van der Waals surface area (Å²) in [4.78, 5) is 13.5. The van der Waals surface area contributed by atoms with Crippen molar-refractivity contribution in [3.05, 3.63) is 94.5 Å². The van der Waals surface area contributed by atoms with Crippen molar-refractivity contribution in [1.82, 2.24) is 5.32 Å². The van der Waals surface area contributed by atoms with Crippen LogP contribution in [0.2, 0.25) is 5.02 Å².